The van der Waals surface area contributed by atoms with Gasteiger partial charge in [-0.05, 0) is 43.9 Å². The summed E-state index contributed by atoms with van der Waals surface area (Å²) in [6, 6.07) is 5.50. The monoisotopic (exact) mass is 441 g/mol. The van der Waals surface area contributed by atoms with Crippen LogP contribution in [0, 0.1) is 0 Å². The lowest BCUT2D eigenvalue weighted by atomic mass is 10.2. The molecule has 1 aliphatic heterocycles. The van der Waals surface area contributed by atoms with Crippen molar-refractivity contribution in [3.05, 3.63) is 28.2 Å². The smallest absolute Gasteiger partial charge is 0.261 e. The van der Waals surface area contributed by atoms with Gasteiger partial charge in [-0.3, -0.25) is 10.1 Å². The van der Waals surface area contributed by atoms with Crippen LogP contribution in [-0.4, -0.2) is 60.7 Å². The SMILES string of the molecule is CCCCCCOc1ccc(Br)cc1C(=O)NC(=S)N1CCN(C)CC1. The van der Waals surface area contributed by atoms with Crippen molar-refractivity contribution in [3.8, 4) is 5.75 Å². The molecule has 0 radical (unpaired) electrons. The summed E-state index contributed by atoms with van der Waals surface area (Å²) in [4.78, 5) is 17.0. The number of carbonyl (C=O) groups excluding carboxylic acids is 1. The molecule has 1 aromatic carbocycles. The number of amides is 1. The Balaban J connectivity index is 1.96. The first-order chi connectivity index (χ1) is 12.5. The van der Waals surface area contributed by atoms with Crippen molar-refractivity contribution in [1.29, 1.82) is 0 Å². The van der Waals surface area contributed by atoms with Gasteiger partial charge in [0.15, 0.2) is 5.11 Å². The molecule has 7 heteroatoms. The number of rotatable bonds is 7. The first kappa shape index (κ1) is 21.1. The van der Waals surface area contributed by atoms with E-state index in [-0.39, 0.29) is 5.91 Å². The molecule has 26 heavy (non-hydrogen) atoms. The van der Waals surface area contributed by atoms with Crippen molar-refractivity contribution in [2.75, 3.05) is 39.8 Å². The second kappa shape index (κ2) is 10.8. The Bertz CT molecular complexity index is 619. The van der Waals surface area contributed by atoms with Crippen LogP contribution < -0.4 is 10.1 Å². The quantitative estimate of drug-likeness (QED) is 0.516. The molecule has 1 aromatic rings. The number of likely N-dealkylation sites (N-methyl/N-ethyl adjacent to an activating group) is 1. The van der Waals surface area contributed by atoms with Gasteiger partial charge in [0.05, 0.1) is 12.2 Å². The molecule has 2 rings (SSSR count). The summed E-state index contributed by atoms with van der Waals surface area (Å²) in [6.07, 6.45) is 4.53. The van der Waals surface area contributed by atoms with E-state index in [1.54, 1.807) is 6.07 Å². The Morgan fingerprint density at radius 2 is 1.96 bits per heavy atom. The van der Waals surface area contributed by atoms with E-state index in [2.05, 4.69) is 40.1 Å². The van der Waals surface area contributed by atoms with Gasteiger partial charge in [0, 0.05) is 30.7 Å². The number of thiocarbonyl (C=S) groups is 1. The minimum Gasteiger partial charge on any atom is -0.493 e. The molecule has 1 N–H and O–H groups in total. The number of nitrogens with zero attached hydrogens (tertiary/aromatic N) is 2. The van der Waals surface area contributed by atoms with Crippen molar-refractivity contribution >= 4 is 39.2 Å². The zero-order chi connectivity index (χ0) is 18.9. The van der Waals surface area contributed by atoms with Gasteiger partial charge in [-0.2, -0.15) is 0 Å². The average molecular weight is 442 g/mol. The number of carbonyl (C=O) groups is 1. The van der Waals surface area contributed by atoms with Gasteiger partial charge in [-0.15, -0.1) is 0 Å². The zero-order valence-electron chi connectivity index (χ0n) is 15.6. The van der Waals surface area contributed by atoms with Gasteiger partial charge in [-0.25, -0.2) is 0 Å². The summed E-state index contributed by atoms with van der Waals surface area (Å²) in [5.74, 6) is 0.377. The highest BCUT2D eigenvalue weighted by atomic mass is 79.9. The lowest BCUT2D eigenvalue weighted by Crippen LogP contribution is -2.51. The zero-order valence-corrected chi connectivity index (χ0v) is 18.0. The van der Waals surface area contributed by atoms with Crippen molar-refractivity contribution in [2.24, 2.45) is 0 Å². The lowest BCUT2D eigenvalue weighted by Gasteiger charge is -2.33. The normalized spacial score (nSPS) is 15.0. The van der Waals surface area contributed by atoms with E-state index in [4.69, 9.17) is 17.0 Å². The standard InChI is InChI=1S/C19H28BrN3O2S/c1-3-4-5-6-13-25-17-8-7-15(20)14-16(17)18(24)21-19(26)23-11-9-22(2)10-12-23/h7-8,14H,3-6,9-13H2,1-2H3,(H,21,24,26). The Hall–Kier alpha value is -1.18. The van der Waals surface area contributed by atoms with Crippen molar-refractivity contribution < 1.29 is 9.53 Å². The summed E-state index contributed by atoms with van der Waals surface area (Å²) >= 11 is 8.86. The average Bonchev–Trinajstić information content (AvgIpc) is 2.63. The van der Waals surface area contributed by atoms with Gasteiger partial charge in [0.2, 0.25) is 0 Å². The van der Waals surface area contributed by atoms with E-state index < -0.39 is 0 Å². The molecule has 0 aliphatic carbocycles. The largest absolute Gasteiger partial charge is 0.493 e. The molecule has 1 saturated heterocycles. The summed E-state index contributed by atoms with van der Waals surface area (Å²) in [7, 11) is 2.09. The van der Waals surface area contributed by atoms with Crippen LogP contribution in [-0.2, 0) is 0 Å². The van der Waals surface area contributed by atoms with Gasteiger partial charge in [-0.1, -0.05) is 42.1 Å². The van der Waals surface area contributed by atoms with Crippen LogP contribution in [0.15, 0.2) is 22.7 Å². The summed E-state index contributed by atoms with van der Waals surface area (Å²) in [5, 5.41) is 3.34. The number of hydrogen-bond donors (Lipinski definition) is 1. The van der Waals surface area contributed by atoms with E-state index in [9.17, 15) is 4.79 Å². The number of hydrogen-bond acceptors (Lipinski definition) is 4. The Labute approximate surface area is 170 Å². The highest BCUT2D eigenvalue weighted by Gasteiger charge is 2.20. The Kier molecular flexibility index (Phi) is 8.81. The van der Waals surface area contributed by atoms with E-state index in [0.717, 1.165) is 43.5 Å². The molecule has 5 nitrogen and oxygen atoms in total. The third-order valence-electron chi connectivity index (χ3n) is 4.45. The van der Waals surface area contributed by atoms with Gasteiger partial charge in [0.1, 0.15) is 5.75 Å². The molecule has 0 bridgehead atoms. The first-order valence-corrected chi connectivity index (χ1v) is 10.4. The highest BCUT2D eigenvalue weighted by molar-refractivity contribution is 9.10. The predicted octanol–water partition coefficient (Wildman–Crippen LogP) is 3.67. The number of piperazine rings is 1. The number of unbranched alkanes of at least 4 members (excludes halogenated alkanes) is 3. The summed E-state index contributed by atoms with van der Waals surface area (Å²) < 4.78 is 6.70. The van der Waals surface area contributed by atoms with Gasteiger partial charge in [0.25, 0.3) is 5.91 Å². The minimum absolute atomic E-state index is 0.223. The summed E-state index contributed by atoms with van der Waals surface area (Å²) in [6.45, 7) is 6.34. The molecular formula is C19H28BrN3O2S. The van der Waals surface area contributed by atoms with Crippen LogP contribution in [0.3, 0.4) is 0 Å². The molecular weight excluding hydrogens is 414 g/mol. The number of nitrogens with one attached hydrogen (secondary N) is 1. The number of ether oxygens (including phenoxy) is 1. The third kappa shape index (κ3) is 6.52. The van der Waals surface area contributed by atoms with Crippen LogP contribution >= 0.6 is 28.1 Å². The fourth-order valence-corrected chi connectivity index (χ4v) is 3.41. The molecule has 144 valence electrons. The van der Waals surface area contributed by atoms with Crippen molar-refractivity contribution in [2.45, 2.75) is 32.6 Å². The molecule has 1 amide bonds. The van der Waals surface area contributed by atoms with Crippen LogP contribution in [0.2, 0.25) is 0 Å². The maximum Gasteiger partial charge on any atom is 0.261 e. The highest BCUT2D eigenvalue weighted by Crippen LogP contribution is 2.24. The molecule has 1 aliphatic rings. The fourth-order valence-electron chi connectivity index (χ4n) is 2.77. The third-order valence-corrected chi connectivity index (χ3v) is 5.31. The Morgan fingerprint density at radius 1 is 1.23 bits per heavy atom. The van der Waals surface area contributed by atoms with Crippen LogP contribution in [0.5, 0.6) is 5.75 Å². The summed E-state index contributed by atoms with van der Waals surface area (Å²) in [5.41, 5.74) is 0.506. The topological polar surface area (TPSA) is 44.8 Å². The van der Waals surface area contributed by atoms with Crippen LogP contribution in [0.1, 0.15) is 43.0 Å². The molecule has 0 saturated carbocycles. The van der Waals surface area contributed by atoms with E-state index in [1.807, 2.05) is 17.0 Å². The predicted molar refractivity (Wildman–Crippen MR) is 113 cm³/mol. The minimum atomic E-state index is -0.223. The van der Waals surface area contributed by atoms with Gasteiger partial charge < -0.3 is 14.5 Å². The van der Waals surface area contributed by atoms with Crippen molar-refractivity contribution in [1.82, 2.24) is 15.1 Å². The molecule has 0 spiro atoms. The number of benzene rings is 1. The maximum absolute atomic E-state index is 12.7. The Morgan fingerprint density at radius 3 is 2.65 bits per heavy atom. The van der Waals surface area contributed by atoms with Gasteiger partial charge >= 0.3 is 0 Å². The van der Waals surface area contributed by atoms with Crippen LogP contribution in [0.4, 0.5) is 0 Å². The van der Waals surface area contributed by atoms with Crippen molar-refractivity contribution in [3.63, 3.8) is 0 Å². The molecule has 0 aromatic heterocycles. The van der Waals surface area contributed by atoms with E-state index >= 15 is 0 Å². The molecule has 0 atom stereocenters. The second-order valence-electron chi connectivity index (χ2n) is 6.60. The molecule has 1 fully saturated rings. The second-order valence-corrected chi connectivity index (χ2v) is 7.90. The maximum atomic E-state index is 12.7. The number of halogens is 1. The molecule has 0 unspecified atom stereocenters. The van der Waals surface area contributed by atoms with E-state index in [1.165, 1.54) is 12.8 Å². The van der Waals surface area contributed by atoms with Crippen LogP contribution in [0.25, 0.3) is 0 Å². The first-order valence-electron chi connectivity index (χ1n) is 9.22. The fraction of sp³-hybridized carbons (Fsp3) is 0.579. The lowest BCUT2D eigenvalue weighted by molar-refractivity contribution is 0.0966. The van der Waals surface area contributed by atoms with E-state index in [0.29, 0.717) is 23.0 Å². The molecule has 1 heterocycles.